The largest absolute Gasteiger partial charge is 0.494 e. The van der Waals surface area contributed by atoms with E-state index < -0.39 is 17.8 Å². The second-order valence-electron chi connectivity index (χ2n) is 4.49. The number of nitrogens with one attached hydrogen (secondary N) is 2. The van der Waals surface area contributed by atoms with E-state index in [1.165, 1.54) is 25.5 Å². The standard InChI is InChI=1S/C15H16N2O6/c1-21-13(18)8-16-14(19)10-2-4-11(5-3-10)17-15(20)12-9-22-6-7-23-12/h2-5,9H,6-8H2,1H3,(H,16,19)(H,17,20). The van der Waals surface area contributed by atoms with Gasteiger partial charge in [0.1, 0.15) is 26.0 Å². The first-order valence-electron chi connectivity index (χ1n) is 6.81. The molecule has 1 aromatic carbocycles. The highest BCUT2D eigenvalue weighted by molar-refractivity contribution is 6.02. The van der Waals surface area contributed by atoms with Crippen molar-refractivity contribution in [3.8, 4) is 0 Å². The normalized spacial score (nSPS) is 13.0. The lowest BCUT2D eigenvalue weighted by Crippen LogP contribution is -2.30. The number of hydrogen-bond acceptors (Lipinski definition) is 6. The Morgan fingerprint density at radius 2 is 1.87 bits per heavy atom. The third-order valence-electron chi connectivity index (χ3n) is 2.90. The van der Waals surface area contributed by atoms with Gasteiger partial charge in [-0.05, 0) is 24.3 Å². The van der Waals surface area contributed by atoms with Crippen molar-refractivity contribution in [3.05, 3.63) is 41.9 Å². The van der Waals surface area contributed by atoms with Gasteiger partial charge in [-0.25, -0.2) is 0 Å². The van der Waals surface area contributed by atoms with Crippen molar-refractivity contribution >= 4 is 23.5 Å². The molecule has 1 aromatic rings. The topological polar surface area (TPSA) is 103 Å². The first-order chi connectivity index (χ1) is 11.1. The third-order valence-corrected chi connectivity index (χ3v) is 2.90. The molecule has 8 heteroatoms. The third kappa shape index (κ3) is 4.73. The highest BCUT2D eigenvalue weighted by Gasteiger charge is 2.15. The van der Waals surface area contributed by atoms with Gasteiger partial charge < -0.3 is 24.8 Å². The molecule has 2 rings (SSSR count). The molecule has 2 N–H and O–H groups in total. The van der Waals surface area contributed by atoms with Crippen LogP contribution in [0.1, 0.15) is 10.4 Å². The Hall–Kier alpha value is -3.03. The molecule has 0 aliphatic carbocycles. The number of hydrogen-bond donors (Lipinski definition) is 2. The molecule has 0 aromatic heterocycles. The van der Waals surface area contributed by atoms with Crippen LogP contribution in [0, 0.1) is 0 Å². The quantitative estimate of drug-likeness (QED) is 0.762. The zero-order valence-corrected chi connectivity index (χ0v) is 12.5. The Balaban J connectivity index is 1.91. The van der Waals surface area contributed by atoms with Gasteiger partial charge in [0, 0.05) is 11.3 Å². The van der Waals surface area contributed by atoms with Crippen molar-refractivity contribution < 1.29 is 28.6 Å². The number of ether oxygens (including phenoxy) is 3. The van der Waals surface area contributed by atoms with Crippen molar-refractivity contribution in [2.45, 2.75) is 0 Å². The van der Waals surface area contributed by atoms with Crippen LogP contribution in [0.25, 0.3) is 0 Å². The number of amides is 2. The summed E-state index contributed by atoms with van der Waals surface area (Å²) in [6.45, 7) is 0.518. The summed E-state index contributed by atoms with van der Waals surface area (Å²) < 4.78 is 14.6. The van der Waals surface area contributed by atoms with Crippen molar-refractivity contribution in [1.82, 2.24) is 5.32 Å². The highest BCUT2D eigenvalue weighted by Crippen LogP contribution is 2.12. The van der Waals surface area contributed by atoms with Crippen LogP contribution in [0.5, 0.6) is 0 Å². The van der Waals surface area contributed by atoms with Gasteiger partial charge in [-0.3, -0.25) is 14.4 Å². The fourth-order valence-electron chi connectivity index (χ4n) is 1.71. The molecule has 8 nitrogen and oxygen atoms in total. The number of esters is 1. The molecule has 0 saturated heterocycles. The zero-order chi connectivity index (χ0) is 16.7. The minimum absolute atomic E-state index is 0.0937. The number of carbonyl (C=O) groups excluding carboxylic acids is 3. The molecule has 0 spiro atoms. The fraction of sp³-hybridized carbons (Fsp3) is 0.267. The van der Waals surface area contributed by atoms with E-state index in [-0.39, 0.29) is 12.3 Å². The molecule has 0 bridgehead atoms. The van der Waals surface area contributed by atoms with Crippen LogP contribution in [0.2, 0.25) is 0 Å². The lowest BCUT2D eigenvalue weighted by atomic mass is 10.2. The summed E-state index contributed by atoms with van der Waals surface area (Å²) >= 11 is 0. The predicted octanol–water partition coefficient (Wildman–Crippen LogP) is 0.416. The van der Waals surface area contributed by atoms with Crippen molar-refractivity contribution in [2.75, 3.05) is 32.2 Å². The molecule has 0 saturated carbocycles. The Morgan fingerprint density at radius 1 is 1.13 bits per heavy atom. The molecule has 1 aliphatic heterocycles. The van der Waals surface area contributed by atoms with E-state index in [9.17, 15) is 14.4 Å². The minimum atomic E-state index is -0.537. The zero-order valence-electron chi connectivity index (χ0n) is 12.5. The van der Waals surface area contributed by atoms with E-state index in [1.807, 2.05) is 0 Å². The van der Waals surface area contributed by atoms with Gasteiger partial charge in [-0.1, -0.05) is 0 Å². The van der Waals surface area contributed by atoms with E-state index in [1.54, 1.807) is 12.1 Å². The molecular formula is C15H16N2O6. The van der Waals surface area contributed by atoms with E-state index in [4.69, 9.17) is 9.47 Å². The molecule has 0 unspecified atom stereocenters. The Kier molecular flexibility index (Phi) is 5.56. The number of methoxy groups -OCH3 is 1. The summed E-state index contributed by atoms with van der Waals surface area (Å²) in [5, 5.41) is 5.03. The second kappa shape index (κ2) is 7.83. The van der Waals surface area contributed by atoms with Gasteiger partial charge in [0.2, 0.25) is 5.76 Å². The smallest absolute Gasteiger partial charge is 0.325 e. The van der Waals surface area contributed by atoms with Gasteiger partial charge in [0.05, 0.1) is 7.11 Å². The van der Waals surface area contributed by atoms with Crippen LogP contribution >= 0.6 is 0 Å². The molecule has 2 amide bonds. The summed E-state index contributed by atoms with van der Waals surface area (Å²) in [6.07, 6.45) is 1.26. The summed E-state index contributed by atoms with van der Waals surface area (Å²) in [4.78, 5) is 34.6. The molecule has 0 atom stereocenters. The average Bonchev–Trinajstić information content (AvgIpc) is 2.60. The number of rotatable bonds is 5. The van der Waals surface area contributed by atoms with E-state index in [0.29, 0.717) is 24.5 Å². The van der Waals surface area contributed by atoms with E-state index >= 15 is 0 Å². The predicted molar refractivity (Wildman–Crippen MR) is 79.4 cm³/mol. The minimum Gasteiger partial charge on any atom is -0.494 e. The maximum absolute atomic E-state index is 11.9. The highest BCUT2D eigenvalue weighted by atomic mass is 16.6. The Labute approximate surface area is 132 Å². The van der Waals surface area contributed by atoms with Crippen LogP contribution in [-0.4, -0.2) is 44.7 Å². The van der Waals surface area contributed by atoms with Gasteiger partial charge in [-0.2, -0.15) is 0 Å². The second-order valence-corrected chi connectivity index (χ2v) is 4.49. The average molecular weight is 320 g/mol. The Morgan fingerprint density at radius 3 is 2.48 bits per heavy atom. The van der Waals surface area contributed by atoms with Gasteiger partial charge in [0.15, 0.2) is 0 Å². The lowest BCUT2D eigenvalue weighted by molar-refractivity contribution is -0.139. The number of benzene rings is 1. The summed E-state index contributed by atoms with van der Waals surface area (Å²) in [6, 6.07) is 6.17. The first-order valence-corrected chi connectivity index (χ1v) is 6.81. The van der Waals surface area contributed by atoms with Crippen LogP contribution in [0.15, 0.2) is 36.3 Å². The maximum Gasteiger partial charge on any atom is 0.325 e. The summed E-state index contributed by atoms with van der Waals surface area (Å²) in [7, 11) is 1.24. The molecule has 0 radical (unpaired) electrons. The van der Waals surface area contributed by atoms with Crippen LogP contribution in [0.3, 0.4) is 0 Å². The molecule has 1 aliphatic rings. The summed E-state index contributed by atoms with van der Waals surface area (Å²) in [5.74, 6) is -1.30. The van der Waals surface area contributed by atoms with E-state index in [2.05, 4.69) is 15.4 Å². The van der Waals surface area contributed by atoms with E-state index in [0.717, 1.165) is 0 Å². The Bertz CT molecular complexity index is 623. The molecule has 122 valence electrons. The number of anilines is 1. The SMILES string of the molecule is COC(=O)CNC(=O)c1ccc(NC(=O)C2=COCCO2)cc1. The van der Waals surface area contributed by atoms with Gasteiger partial charge in [-0.15, -0.1) is 0 Å². The number of carbonyl (C=O) groups is 3. The molecular weight excluding hydrogens is 304 g/mol. The van der Waals surface area contributed by atoms with Crippen molar-refractivity contribution in [3.63, 3.8) is 0 Å². The molecule has 1 heterocycles. The van der Waals surface area contributed by atoms with Gasteiger partial charge >= 0.3 is 5.97 Å². The van der Waals surface area contributed by atoms with Crippen molar-refractivity contribution in [1.29, 1.82) is 0 Å². The van der Waals surface area contributed by atoms with Crippen LogP contribution < -0.4 is 10.6 Å². The molecule has 23 heavy (non-hydrogen) atoms. The van der Waals surface area contributed by atoms with Crippen LogP contribution in [-0.2, 0) is 23.8 Å². The fourth-order valence-corrected chi connectivity index (χ4v) is 1.71. The van der Waals surface area contributed by atoms with Gasteiger partial charge in [0.25, 0.3) is 11.8 Å². The molecule has 0 fully saturated rings. The maximum atomic E-state index is 11.9. The summed E-state index contributed by atoms with van der Waals surface area (Å²) in [5.41, 5.74) is 0.845. The van der Waals surface area contributed by atoms with Crippen LogP contribution in [0.4, 0.5) is 5.69 Å². The van der Waals surface area contributed by atoms with Crippen molar-refractivity contribution in [2.24, 2.45) is 0 Å². The monoisotopic (exact) mass is 320 g/mol. The first kappa shape index (κ1) is 16.3. The lowest BCUT2D eigenvalue weighted by Gasteiger charge is -2.15.